The molecule has 1 saturated heterocycles. The Kier molecular flexibility index (Phi) is 11.8. The molecular formula is C36H39FO6. The van der Waals surface area contributed by atoms with E-state index in [4.69, 9.17) is 28.4 Å². The van der Waals surface area contributed by atoms with Crippen LogP contribution in [0, 0.1) is 0 Å². The third kappa shape index (κ3) is 9.03. The molecule has 0 aromatic heterocycles. The first kappa shape index (κ1) is 31.0. The molecule has 1 aliphatic rings. The summed E-state index contributed by atoms with van der Waals surface area (Å²) in [4.78, 5) is 0. The van der Waals surface area contributed by atoms with Gasteiger partial charge in [0.05, 0.1) is 33.0 Å². The van der Waals surface area contributed by atoms with Crippen LogP contribution in [0.3, 0.4) is 0 Å². The largest absolute Gasteiger partial charge is 0.374 e. The maximum atomic E-state index is 16.4. The molecule has 0 unspecified atom stereocenters. The van der Waals surface area contributed by atoms with Crippen LogP contribution in [0.1, 0.15) is 22.3 Å². The van der Waals surface area contributed by atoms with Crippen LogP contribution < -0.4 is 0 Å². The Balaban J connectivity index is 1.44. The van der Waals surface area contributed by atoms with Crippen molar-refractivity contribution < 1.29 is 32.8 Å². The summed E-state index contributed by atoms with van der Waals surface area (Å²) >= 11 is 0. The molecule has 0 spiro atoms. The number of ether oxygens (including phenoxy) is 6. The maximum absolute atomic E-state index is 16.4. The van der Waals surface area contributed by atoms with Crippen molar-refractivity contribution >= 4 is 0 Å². The Labute approximate surface area is 253 Å². The fourth-order valence-electron chi connectivity index (χ4n) is 5.12. The first-order valence-electron chi connectivity index (χ1n) is 14.6. The standard InChI is InChI=1S/C36H39FO6/c1-38-36-32(37)34(41-24-29-18-10-4-11-19-29)35(42-25-30-20-12-5-13-21-30)33(40-23-28-16-8-3-9-17-28)31(43-36)26-39-22-27-14-6-2-7-15-27/h2-21,31-36H,22-26H2,1H3/t31-,32+,33+,34+,35+,36-/m1/s1. The molecule has 43 heavy (non-hydrogen) atoms. The van der Waals surface area contributed by atoms with Crippen LogP contribution in [0.25, 0.3) is 0 Å². The van der Waals surface area contributed by atoms with E-state index in [-0.39, 0.29) is 26.4 Å². The van der Waals surface area contributed by atoms with Crippen molar-refractivity contribution in [3.63, 3.8) is 0 Å². The topological polar surface area (TPSA) is 55.4 Å². The smallest absolute Gasteiger partial charge is 0.191 e. The van der Waals surface area contributed by atoms with Gasteiger partial charge in [0.15, 0.2) is 12.5 Å². The minimum atomic E-state index is -1.66. The number of alkyl halides is 1. The first-order chi connectivity index (χ1) is 21.2. The summed E-state index contributed by atoms with van der Waals surface area (Å²) < 4.78 is 53.7. The highest BCUT2D eigenvalue weighted by atomic mass is 19.1. The van der Waals surface area contributed by atoms with Crippen LogP contribution in [0.5, 0.6) is 0 Å². The maximum Gasteiger partial charge on any atom is 0.191 e. The Morgan fingerprint density at radius 1 is 0.535 bits per heavy atom. The summed E-state index contributed by atoms with van der Waals surface area (Å²) in [6.07, 6.45) is -6.20. The van der Waals surface area contributed by atoms with E-state index in [1.165, 1.54) is 7.11 Å². The van der Waals surface area contributed by atoms with Gasteiger partial charge in [-0.1, -0.05) is 121 Å². The molecule has 5 rings (SSSR count). The average Bonchev–Trinajstić information content (AvgIpc) is 3.17. The van der Waals surface area contributed by atoms with Gasteiger partial charge in [0.1, 0.15) is 24.4 Å². The van der Waals surface area contributed by atoms with E-state index in [0.717, 1.165) is 22.3 Å². The molecule has 226 valence electrons. The molecule has 0 N–H and O–H groups in total. The van der Waals surface area contributed by atoms with Crippen molar-refractivity contribution in [2.24, 2.45) is 0 Å². The van der Waals surface area contributed by atoms with E-state index in [2.05, 4.69) is 0 Å². The average molecular weight is 587 g/mol. The van der Waals surface area contributed by atoms with E-state index >= 15 is 4.39 Å². The molecule has 1 aliphatic heterocycles. The Bertz CT molecular complexity index is 1310. The highest BCUT2D eigenvalue weighted by Crippen LogP contribution is 2.32. The van der Waals surface area contributed by atoms with Crippen molar-refractivity contribution in [1.29, 1.82) is 0 Å². The van der Waals surface area contributed by atoms with Gasteiger partial charge in [0, 0.05) is 7.11 Å². The zero-order chi connectivity index (χ0) is 29.7. The summed E-state index contributed by atoms with van der Waals surface area (Å²) in [6, 6.07) is 39.1. The summed E-state index contributed by atoms with van der Waals surface area (Å²) in [5, 5.41) is 0. The van der Waals surface area contributed by atoms with Crippen LogP contribution in [0.15, 0.2) is 121 Å². The van der Waals surface area contributed by atoms with Gasteiger partial charge in [0.25, 0.3) is 0 Å². The Morgan fingerprint density at radius 3 is 1.37 bits per heavy atom. The van der Waals surface area contributed by atoms with Crippen LogP contribution >= 0.6 is 0 Å². The molecule has 6 atom stereocenters. The third-order valence-electron chi connectivity index (χ3n) is 7.38. The minimum absolute atomic E-state index is 0.136. The third-order valence-corrected chi connectivity index (χ3v) is 7.38. The zero-order valence-electron chi connectivity index (χ0n) is 24.4. The monoisotopic (exact) mass is 586 g/mol. The lowest BCUT2D eigenvalue weighted by Crippen LogP contribution is -2.50. The van der Waals surface area contributed by atoms with Crippen molar-refractivity contribution in [1.82, 2.24) is 0 Å². The second kappa shape index (κ2) is 16.4. The summed E-state index contributed by atoms with van der Waals surface area (Å²) in [5.74, 6) is 0. The number of benzene rings is 4. The summed E-state index contributed by atoms with van der Waals surface area (Å²) in [5.41, 5.74) is 3.86. The molecule has 7 heteroatoms. The van der Waals surface area contributed by atoms with Crippen molar-refractivity contribution in [3.8, 4) is 0 Å². The lowest BCUT2D eigenvalue weighted by molar-refractivity contribution is -0.219. The van der Waals surface area contributed by atoms with Gasteiger partial charge in [-0.15, -0.1) is 0 Å². The molecule has 6 nitrogen and oxygen atoms in total. The zero-order valence-corrected chi connectivity index (χ0v) is 24.4. The highest BCUT2D eigenvalue weighted by Gasteiger charge is 2.50. The van der Waals surface area contributed by atoms with Gasteiger partial charge in [0.2, 0.25) is 0 Å². The summed E-state index contributed by atoms with van der Waals surface area (Å²) in [7, 11) is 1.43. The van der Waals surface area contributed by atoms with Crippen molar-refractivity contribution in [2.75, 3.05) is 13.7 Å². The SMILES string of the molecule is CO[C@@H]1O[C@H](COCc2ccccc2)[C@H](OCc2ccccc2)[C@H](OCc2ccccc2)[C@@H](OCc2ccccc2)[C@@H]1F. The number of methoxy groups -OCH3 is 1. The first-order valence-corrected chi connectivity index (χ1v) is 14.6. The molecule has 0 aliphatic carbocycles. The molecular weight excluding hydrogens is 547 g/mol. The van der Waals surface area contributed by atoms with Crippen LogP contribution in [0.2, 0.25) is 0 Å². The highest BCUT2D eigenvalue weighted by molar-refractivity contribution is 5.16. The van der Waals surface area contributed by atoms with E-state index < -0.39 is 36.9 Å². The fourth-order valence-corrected chi connectivity index (χ4v) is 5.12. The predicted octanol–water partition coefficient (Wildman–Crippen LogP) is 6.67. The molecule has 4 aromatic rings. The Hall–Kier alpha value is -3.43. The predicted molar refractivity (Wildman–Crippen MR) is 162 cm³/mol. The Morgan fingerprint density at radius 2 is 0.930 bits per heavy atom. The van der Waals surface area contributed by atoms with Gasteiger partial charge in [-0.05, 0) is 22.3 Å². The molecule has 1 fully saturated rings. The van der Waals surface area contributed by atoms with Crippen LogP contribution in [-0.2, 0) is 54.8 Å². The molecule has 0 bridgehead atoms. The van der Waals surface area contributed by atoms with Gasteiger partial charge in [-0.25, -0.2) is 4.39 Å². The molecule has 0 radical (unpaired) electrons. The van der Waals surface area contributed by atoms with Gasteiger partial charge < -0.3 is 28.4 Å². The normalized spacial score (nSPS) is 24.0. The van der Waals surface area contributed by atoms with Crippen molar-refractivity contribution in [2.45, 2.75) is 63.3 Å². The van der Waals surface area contributed by atoms with Crippen molar-refractivity contribution in [3.05, 3.63) is 144 Å². The number of rotatable bonds is 14. The second-order valence-electron chi connectivity index (χ2n) is 10.5. The molecule has 1 heterocycles. The fraction of sp³-hybridized carbons (Fsp3) is 0.333. The number of hydrogen-bond donors (Lipinski definition) is 0. The number of hydrogen-bond acceptors (Lipinski definition) is 6. The number of halogens is 1. The van der Waals surface area contributed by atoms with Gasteiger partial charge in [-0.3, -0.25) is 0 Å². The minimum Gasteiger partial charge on any atom is -0.374 e. The second-order valence-corrected chi connectivity index (χ2v) is 10.5. The molecule has 0 saturated carbocycles. The van der Waals surface area contributed by atoms with Gasteiger partial charge in [-0.2, -0.15) is 0 Å². The van der Waals surface area contributed by atoms with Gasteiger partial charge >= 0.3 is 0 Å². The van der Waals surface area contributed by atoms with Crippen LogP contribution in [-0.4, -0.2) is 50.6 Å². The lowest BCUT2D eigenvalue weighted by Gasteiger charge is -2.34. The lowest BCUT2D eigenvalue weighted by atomic mass is 10.00. The molecule has 4 aromatic carbocycles. The van der Waals surface area contributed by atoms with E-state index in [1.54, 1.807) is 0 Å². The van der Waals surface area contributed by atoms with E-state index in [0.29, 0.717) is 6.61 Å². The quantitative estimate of drug-likeness (QED) is 0.165. The van der Waals surface area contributed by atoms with E-state index in [9.17, 15) is 0 Å². The molecule has 0 amide bonds. The summed E-state index contributed by atoms with van der Waals surface area (Å²) in [6.45, 7) is 1.21. The van der Waals surface area contributed by atoms with E-state index in [1.807, 2.05) is 121 Å². The van der Waals surface area contributed by atoms with Crippen LogP contribution in [0.4, 0.5) is 4.39 Å².